The minimum atomic E-state index is -1.25. The second-order valence-corrected chi connectivity index (χ2v) is 3.07. The maximum absolute atomic E-state index is 11.5. The Bertz CT molecular complexity index is 571. The van der Waals surface area contributed by atoms with Crippen LogP contribution in [0.4, 0.5) is 6.01 Å². The third-order valence-electron chi connectivity index (χ3n) is 1.79. The van der Waals surface area contributed by atoms with Crippen LogP contribution in [-0.4, -0.2) is 27.1 Å². The molecule has 2 aromatic rings. The Morgan fingerprint density at radius 1 is 1.35 bits per heavy atom. The van der Waals surface area contributed by atoms with Crippen molar-refractivity contribution in [3.05, 3.63) is 29.5 Å². The van der Waals surface area contributed by atoms with Crippen molar-refractivity contribution in [1.29, 1.82) is 0 Å². The molecule has 1 amide bonds. The number of aromatic nitrogens is 2. The molecule has 0 aliphatic carbocycles. The number of hydrogen-bond donors (Lipinski definition) is 2. The average molecular weight is 237 g/mol. The SMILES string of the molecule is Cc1noc(NC(=O)c2ccc(C(=O)O)o2)n1. The number of amides is 1. The van der Waals surface area contributed by atoms with Gasteiger partial charge in [-0.15, -0.1) is 0 Å². The van der Waals surface area contributed by atoms with Crippen molar-refractivity contribution in [1.82, 2.24) is 10.1 Å². The zero-order chi connectivity index (χ0) is 12.4. The zero-order valence-electron chi connectivity index (χ0n) is 8.63. The summed E-state index contributed by atoms with van der Waals surface area (Å²) in [5.41, 5.74) is 0. The maximum Gasteiger partial charge on any atom is 0.371 e. The van der Waals surface area contributed by atoms with Crippen LogP contribution in [0.2, 0.25) is 0 Å². The molecule has 0 aromatic carbocycles. The summed E-state index contributed by atoms with van der Waals surface area (Å²) < 4.78 is 9.44. The number of aromatic carboxylic acids is 1. The molecule has 0 aliphatic rings. The molecule has 0 aliphatic heterocycles. The summed E-state index contributed by atoms with van der Waals surface area (Å²) in [4.78, 5) is 25.8. The number of hydrogen-bond acceptors (Lipinski definition) is 6. The van der Waals surface area contributed by atoms with E-state index in [-0.39, 0.29) is 17.5 Å². The number of carbonyl (C=O) groups is 2. The highest BCUT2D eigenvalue weighted by atomic mass is 16.5. The van der Waals surface area contributed by atoms with Crippen LogP contribution in [0, 0.1) is 6.92 Å². The largest absolute Gasteiger partial charge is 0.475 e. The number of aryl methyl sites for hydroxylation is 1. The molecule has 0 spiro atoms. The molecule has 8 nitrogen and oxygen atoms in total. The van der Waals surface area contributed by atoms with Crippen LogP contribution in [0.1, 0.15) is 26.9 Å². The van der Waals surface area contributed by atoms with E-state index in [9.17, 15) is 9.59 Å². The smallest absolute Gasteiger partial charge is 0.371 e. The highest BCUT2D eigenvalue weighted by molar-refractivity contribution is 6.01. The normalized spacial score (nSPS) is 10.2. The number of anilines is 1. The summed E-state index contributed by atoms with van der Waals surface area (Å²) in [6.07, 6.45) is 0. The number of rotatable bonds is 3. The Morgan fingerprint density at radius 3 is 2.59 bits per heavy atom. The lowest BCUT2D eigenvalue weighted by Crippen LogP contribution is -2.11. The lowest BCUT2D eigenvalue weighted by Gasteiger charge is -1.95. The van der Waals surface area contributed by atoms with Crippen LogP contribution in [-0.2, 0) is 0 Å². The van der Waals surface area contributed by atoms with E-state index in [0.717, 1.165) is 0 Å². The third kappa shape index (κ3) is 2.30. The molecule has 17 heavy (non-hydrogen) atoms. The fourth-order valence-corrected chi connectivity index (χ4v) is 1.08. The number of nitrogens with one attached hydrogen (secondary N) is 1. The summed E-state index contributed by atoms with van der Waals surface area (Å²) in [6, 6.07) is 2.33. The molecular formula is C9H7N3O5. The summed E-state index contributed by atoms with van der Waals surface area (Å²) in [7, 11) is 0. The molecule has 2 heterocycles. The van der Waals surface area contributed by atoms with Crippen LogP contribution >= 0.6 is 0 Å². The highest BCUT2D eigenvalue weighted by Gasteiger charge is 2.16. The Kier molecular flexibility index (Phi) is 2.61. The van der Waals surface area contributed by atoms with Crippen LogP contribution in [0.3, 0.4) is 0 Å². The molecule has 2 N–H and O–H groups in total. The molecule has 0 unspecified atom stereocenters. The second-order valence-electron chi connectivity index (χ2n) is 3.07. The predicted molar refractivity (Wildman–Crippen MR) is 52.7 cm³/mol. The van der Waals surface area contributed by atoms with E-state index in [1.807, 2.05) is 0 Å². The highest BCUT2D eigenvalue weighted by Crippen LogP contribution is 2.10. The van der Waals surface area contributed by atoms with E-state index in [0.29, 0.717) is 5.82 Å². The summed E-state index contributed by atoms with van der Waals surface area (Å²) in [5.74, 6) is -2.03. The van der Waals surface area contributed by atoms with E-state index in [2.05, 4.69) is 20.0 Å². The van der Waals surface area contributed by atoms with E-state index in [1.165, 1.54) is 12.1 Å². The zero-order valence-corrected chi connectivity index (χ0v) is 8.63. The number of furan rings is 1. The molecule has 0 bridgehead atoms. The van der Waals surface area contributed by atoms with Gasteiger partial charge in [-0.3, -0.25) is 10.1 Å². The van der Waals surface area contributed by atoms with Crippen molar-refractivity contribution in [2.45, 2.75) is 6.92 Å². The van der Waals surface area contributed by atoms with Crippen LogP contribution in [0.25, 0.3) is 0 Å². The van der Waals surface area contributed by atoms with Gasteiger partial charge in [0, 0.05) is 0 Å². The monoisotopic (exact) mass is 237 g/mol. The molecule has 0 saturated heterocycles. The molecule has 8 heteroatoms. The molecule has 88 valence electrons. The predicted octanol–water partition coefficient (Wildman–Crippen LogP) is 0.922. The topological polar surface area (TPSA) is 118 Å². The van der Waals surface area contributed by atoms with Crippen molar-refractivity contribution in [2.75, 3.05) is 5.32 Å². The van der Waals surface area contributed by atoms with Gasteiger partial charge in [-0.25, -0.2) is 4.79 Å². The van der Waals surface area contributed by atoms with E-state index >= 15 is 0 Å². The number of nitrogens with zero attached hydrogens (tertiary/aromatic N) is 2. The van der Waals surface area contributed by atoms with E-state index in [1.54, 1.807) is 6.92 Å². The van der Waals surface area contributed by atoms with Gasteiger partial charge in [0.15, 0.2) is 11.6 Å². The fourth-order valence-electron chi connectivity index (χ4n) is 1.08. The first kappa shape index (κ1) is 10.9. The first-order chi connectivity index (χ1) is 8.06. The summed E-state index contributed by atoms with van der Waals surface area (Å²) in [6.45, 7) is 1.59. The van der Waals surface area contributed by atoms with Gasteiger partial charge < -0.3 is 14.0 Å². The second kappa shape index (κ2) is 4.08. The average Bonchev–Trinajstić information content (AvgIpc) is 2.86. The first-order valence-corrected chi connectivity index (χ1v) is 4.51. The van der Waals surface area contributed by atoms with Crippen LogP contribution in [0.15, 0.2) is 21.1 Å². The fraction of sp³-hybridized carbons (Fsp3) is 0.111. The Hall–Kier alpha value is -2.64. The van der Waals surface area contributed by atoms with Crippen molar-refractivity contribution < 1.29 is 23.6 Å². The first-order valence-electron chi connectivity index (χ1n) is 4.51. The van der Waals surface area contributed by atoms with Gasteiger partial charge in [-0.05, 0) is 19.1 Å². The van der Waals surface area contributed by atoms with Crippen molar-refractivity contribution in [2.24, 2.45) is 0 Å². The number of carboxylic acids is 1. The Labute approximate surface area is 94.2 Å². The number of carbonyl (C=O) groups excluding carboxylic acids is 1. The molecule has 2 rings (SSSR count). The van der Waals surface area contributed by atoms with Crippen molar-refractivity contribution in [3.63, 3.8) is 0 Å². The van der Waals surface area contributed by atoms with Crippen molar-refractivity contribution in [3.8, 4) is 0 Å². The standard InChI is InChI=1S/C9H7N3O5/c1-4-10-9(17-12-4)11-7(13)5-2-3-6(16-5)8(14)15/h2-3H,1H3,(H,14,15)(H,10,11,12,13). The van der Waals surface area contributed by atoms with E-state index < -0.39 is 11.9 Å². The van der Waals surface area contributed by atoms with Crippen LogP contribution < -0.4 is 5.32 Å². The quantitative estimate of drug-likeness (QED) is 0.814. The van der Waals surface area contributed by atoms with Gasteiger partial charge in [-0.2, -0.15) is 4.98 Å². The molecule has 0 fully saturated rings. The van der Waals surface area contributed by atoms with Gasteiger partial charge in [0.05, 0.1) is 0 Å². The van der Waals surface area contributed by atoms with Gasteiger partial charge in [0.25, 0.3) is 5.91 Å². The maximum atomic E-state index is 11.5. The summed E-state index contributed by atoms with van der Waals surface area (Å²) >= 11 is 0. The Balaban J connectivity index is 2.11. The Morgan fingerprint density at radius 2 is 2.06 bits per heavy atom. The minimum Gasteiger partial charge on any atom is -0.475 e. The van der Waals surface area contributed by atoms with Gasteiger partial charge in [0.2, 0.25) is 5.76 Å². The van der Waals surface area contributed by atoms with Gasteiger partial charge in [0.1, 0.15) is 0 Å². The van der Waals surface area contributed by atoms with Gasteiger partial charge in [-0.1, -0.05) is 5.16 Å². The lowest BCUT2D eigenvalue weighted by molar-refractivity contribution is 0.0660. The third-order valence-corrected chi connectivity index (χ3v) is 1.79. The summed E-state index contributed by atoms with van der Waals surface area (Å²) in [5, 5.41) is 14.3. The van der Waals surface area contributed by atoms with E-state index in [4.69, 9.17) is 9.52 Å². The number of carboxylic acid groups (broad SMARTS) is 1. The van der Waals surface area contributed by atoms with Crippen LogP contribution in [0.5, 0.6) is 0 Å². The molecule has 2 aromatic heterocycles. The molecule has 0 atom stereocenters. The molecule has 0 saturated carbocycles. The molecular weight excluding hydrogens is 230 g/mol. The van der Waals surface area contributed by atoms with Crippen molar-refractivity contribution >= 4 is 17.9 Å². The molecule has 0 radical (unpaired) electrons. The van der Waals surface area contributed by atoms with Gasteiger partial charge >= 0.3 is 12.0 Å². The minimum absolute atomic E-state index is 0.0826. The lowest BCUT2D eigenvalue weighted by atomic mass is 10.4.